The summed E-state index contributed by atoms with van der Waals surface area (Å²) in [5.74, 6) is -0.710. The van der Waals surface area contributed by atoms with Crippen molar-refractivity contribution in [2.24, 2.45) is 0 Å². The second kappa shape index (κ2) is 6.74. The van der Waals surface area contributed by atoms with Crippen molar-refractivity contribution < 1.29 is 9.90 Å². The van der Waals surface area contributed by atoms with Gasteiger partial charge in [-0.2, -0.15) is 0 Å². The van der Waals surface area contributed by atoms with Crippen molar-refractivity contribution in [1.82, 2.24) is 0 Å². The Kier molecular flexibility index (Phi) is 4.73. The SMILES string of the molecule is O=C(O)CCCCc1cccc(-c2ccccc2)c1. The van der Waals surface area contributed by atoms with Gasteiger partial charge in [-0.1, -0.05) is 54.6 Å². The van der Waals surface area contributed by atoms with Crippen molar-refractivity contribution in [3.63, 3.8) is 0 Å². The maximum absolute atomic E-state index is 10.4. The predicted molar refractivity (Wildman–Crippen MR) is 77.1 cm³/mol. The minimum absolute atomic E-state index is 0.262. The van der Waals surface area contributed by atoms with Crippen molar-refractivity contribution in [1.29, 1.82) is 0 Å². The van der Waals surface area contributed by atoms with Crippen LogP contribution >= 0.6 is 0 Å². The molecule has 0 aliphatic carbocycles. The van der Waals surface area contributed by atoms with E-state index in [1.807, 2.05) is 18.2 Å². The van der Waals surface area contributed by atoms with Crippen molar-refractivity contribution in [3.8, 4) is 11.1 Å². The Labute approximate surface area is 113 Å². The van der Waals surface area contributed by atoms with E-state index in [0.717, 1.165) is 19.3 Å². The molecule has 0 saturated heterocycles. The number of carboxylic acids is 1. The van der Waals surface area contributed by atoms with E-state index >= 15 is 0 Å². The highest BCUT2D eigenvalue weighted by Crippen LogP contribution is 2.20. The molecule has 0 heterocycles. The summed E-state index contributed by atoms with van der Waals surface area (Å²) in [5.41, 5.74) is 3.71. The summed E-state index contributed by atoms with van der Waals surface area (Å²) in [6, 6.07) is 18.8. The minimum atomic E-state index is -0.710. The van der Waals surface area contributed by atoms with Crippen molar-refractivity contribution in [2.45, 2.75) is 25.7 Å². The maximum atomic E-state index is 10.4. The molecule has 0 aromatic heterocycles. The van der Waals surface area contributed by atoms with Gasteiger partial charge in [0.05, 0.1) is 0 Å². The third kappa shape index (κ3) is 4.25. The van der Waals surface area contributed by atoms with Crippen LogP contribution in [0.4, 0.5) is 0 Å². The Hall–Kier alpha value is -2.09. The molecule has 1 N–H and O–H groups in total. The molecule has 0 spiro atoms. The summed E-state index contributed by atoms with van der Waals surface area (Å²) in [7, 11) is 0. The second-order valence-corrected chi connectivity index (χ2v) is 4.67. The van der Waals surface area contributed by atoms with Gasteiger partial charge in [0, 0.05) is 6.42 Å². The Morgan fingerprint density at radius 3 is 2.37 bits per heavy atom. The van der Waals surface area contributed by atoms with Gasteiger partial charge in [0.15, 0.2) is 0 Å². The number of rotatable bonds is 6. The molecule has 2 heteroatoms. The first kappa shape index (κ1) is 13.3. The normalized spacial score (nSPS) is 10.3. The van der Waals surface area contributed by atoms with E-state index in [0.29, 0.717) is 0 Å². The molecule has 0 radical (unpaired) electrons. The van der Waals surface area contributed by atoms with Crippen LogP contribution in [0.2, 0.25) is 0 Å². The van der Waals surface area contributed by atoms with Crippen LogP contribution in [0.3, 0.4) is 0 Å². The van der Waals surface area contributed by atoms with E-state index in [-0.39, 0.29) is 6.42 Å². The molecular weight excluding hydrogens is 236 g/mol. The molecule has 2 aromatic rings. The Bertz CT molecular complexity index is 532. The number of aryl methyl sites for hydroxylation is 1. The molecule has 2 rings (SSSR count). The number of hydrogen-bond donors (Lipinski definition) is 1. The van der Waals surface area contributed by atoms with Gasteiger partial charge in [-0.3, -0.25) is 4.79 Å². The van der Waals surface area contributed by atoms with Crippen LogP contribution in [0.25, 0.3) is 11.1 Å². The van der Waals surface area contributed by atoms with Gasteiger partial charge in [0.1, 0.15) is 0 Å². The van der Waals surface area contributed by atoms with Gasteiger partial charge in [-0.15, -0.1) is 0 Å². The first-order valence-electron chi connectivity index (χ1n) is 6.62. The molecule has 0 aliphatic rings. The zero-order valence-corrected chi connectivity index (χ0v) is 10.9. The van der Waals surface area contributed by atoms with Crippen LogP contribution in [0.5, 0.6) is 0 Å². The lowest BCUT2D eigenvalue weighted by atomic mass is 10.0. The van der Waals surface area contributed by atoms with Crippen molar-refractivity contribution in [3.05, 3.63) is 60.2 Å². The highest BCUT2D eigenvalue weighted by atomic mass is 16.4. The second-order valence-electron chi connectivity index (χ2n) is 4.67. The lowest BCUT2D eigenvalue weighted by Gasteiger charge is -2.05. The Morgan fingerprint density at radius 2 is 1.63 bits per heavy atom. The van der Waals surface area contributed by atoms with E-state index in [9.17, 15) is 4.79 Å². The summed E-state index contributed by atoms with van der Waals surface area (Å²) in [6.45, 7) is 0. The summed E-state index contributed by atoms with van der Waals surface area (Å²) < 4.78 is 0. The van der Waals surface area contributed by atoms with E-state index in [4.69, 9.17) is 5.11 Å². The predicted octanol–water partition coefficient (Wildman–Crippen LogP) is 4.15. The molecule has 2 aromatic carbocycles. The molecular formula is C17H18O2. The summed E-state index contributed by atoms with van der Waals surface area (Å²) in [4.78, 5) is 10.4. The fourth-order valence-electron chi connectivity index (χ4n) is 2.14. The number of unbranched alkanes of at least 4 members (excludes halogenated alkanes) is 1. The molecule has 0 atom stereocenters. The quantitative estimate of drug-likeness (QED) is 0.786. The van der Waals surface area contributed by atoms with Gasteiger partial charge in [0.2, 0.25) is 0 Å². The largest absolute Gasteiger partial charge is 0.481 e. The fraction of sp³-hybridized carbons (Fsp3) is 0.235. The molecule has 0 fully saturated rings. The monoisotopic (exact) mass is 254 g/mol. The number of hydrogen-bond acceptors (Lipinski definition) is 1. The fourth-order valence-corrected chi connectivity index (χ4v) is 2.14. The van der Waals surface area contributed by atoms with E-state index in [2.05, 4.69) is 36.4 Å². The maximum Gasteiger partial charge on any atom is 0.303 e. The molecule has 2 nitrogen and oxygen atoms in total. The summed E-state index contributed by atoms with van der Waals surface area (Å²) in [6.07, 6.45) is 2.86. The molecule has 0 saturated carbocycles. The minimum Gasteiger partial charge on any atom is -0.481 e. The van der Waals surface area contributed by atoms with E-state index in [1.54, 1.807) is 0 Å². The van der Waals surface area contributed by atoms with E-state index in [1.165, 1.54) is 16.7 Å². The topological polar surface area (TPSA) is 37.3 Å². The third-order valence-corrected chi connectivity index (χ3v) is 3.14. The number of carbonyl (C=O) groups is 1. The Morgan fingerprint density at radius 1 is 0.895 bits per heavy atom. The van der Waals surface area contributed by atoms with Crippen molar-refractivity contribution >= 4 is 5.97 Å². The summed E-state index contributed by atoms with van der Waals surface area (Å²) >= 11 is 0. The van der Waals surface area contributed by atoms with Gasteiger partial charge < -0.3 is 5.11 Å². The molecule has 0 unspecified atom stereocenters. The highest BCUT2D eigenvalue weighted by molar-refractivity contribution is 5.66. The van der Waals surface area contributed by atoms with Gasteiger partial charge in [-0.25, -0.2) is 0 Å². The standard InChI is InChI=1S/C17H18O2/c18-17(19)12-5-4-7-14-8-6-11-16(13-14)15-9-2-1-3-10-15/h1-3,6,8-11,13H,4-5,7,12H2,(H,18,19). The highest BCUT2D eigenvalue weighted by Gasteiger charge is 2.00. The molecule has 19 heavy (non-hydrogen) atoms. The molecule has 0 aliphatic heterocycles. The van der Waals surface area contributed by atoms with Crippen LogP contribution in [0.1, 0.15) is 24.8 Å². The van der Waals surface area contributed by atoms with Crippen LogP contribution in [-0.4, -0.2) is 11.1 Å². The average molecular weight is 254 g/mol. The molecule has 98 valence electrons. The lowest BCUT2D eigenvalue weighted by Crippen LogP contribution is -1.95. The molecule has 0 bridgehead atoms. The molecule has 0 amide bonds. The van der Waals surface area contributed by atoms with Crippen LogP contribution in [0.15, 0.2) is 54.6 Å². The average Bonchev–Trinajstić information content (AvgIpc) is 2.45. The third-order valence-electron chi connectivity index (χ3n) is 3.14. The number of carboxylic acid groups (broad SMARTS) is 1. The number of aliphatic carboxylic acids is 1. The zero-order valence-electron chi connectivity index (χ0n) is 10.9. The van der Waals surface area contributed by atoms with Gasteiger partial charge in [-0.05, 0) is 36.0 Å². The van der Waals surface area contributed by atoms with Crippen LogP contribution < -0.4 is 0 Å². The van der Waals surface area contributed by atoms with Crippen molar-refractivity contribution in [2.75, 3.05) is 0 Å². The van der Waals surface area contributed by atoms with E-state index < -0.39 is 5.97 Å². The number of benzene rings is 2. The Balaban J connectivity index is 1.98. The zero-order chi connectivity index (χ0) is 13.5. The first-order valence-corrected chi connectivity index (χ1v) is 6.62. The van der Waals surface area contributed by atoms with Gasteiger partial charge in [0.25, 0.3) is 0 Å². The lowest BCUT2D eigenvalue weighted by molar-refractivity contribution is -0.137. The summed E-state index contributed by atoms with van der Waals surface area (Å²) in [5, 5.41) is 8.60. The van der Waals surface area contributed by atoms with Crippen LogP contribution in [-0.2, 0) is 11.2 Å². The van der Waals surface area contributed by atoms with Crippen LogP contribution in [0, 0.1) is 0 Å². The first-order chi connectivity index (χ1) is 9.25. The van der Waals surface area contributed by atoms with Gasteiger partial charge >= 0.3 is 5.97 Å². The smallest absolute Gasteiger partial charge is 0.303 e.